The Hall–Kier alpha value is 1.04. The van der Waals surface area contributed by atoms with Crippen LogP contribution in [0.15, 0.2) is 0 Å². The quantitative estimate of drug-likeness (QED) is 0.440. The molecule has 0 spiro atoms. The Morgan fingerprint density at radius 3 is 3.00 bits per heavy atom. The Morgan fingerprint density at radius 1 is 1.78 bits per heavy atom. The molecule has 0 aromatic heterocycles. The molecule has 0 aliphatic carbocycles. The molecule has 0 aromatic rings. The Balaban J connectivity index is 2.32. The van der Waals surface area contributed by atoms with Crippen molar-refractivity contribution in [3.8, 4) is 0 Å². The van der Waals surface area contributed by atoms with Crippen LogP contribution in [0.5, 0.6) is 0 Å². The zero-order chi connectivity index (χ0) is 6.69. The molecule has 1 saturated heterocycles. The van der Waals surface area contributed by atoms with Gasteiger partial charge in [0.05, 0.1) is 0 Å². The van der Waals surface area contributed by atoms with E-state index in [1.165, 1.54) is 12.2 Å². The van der Waals surface area contributed by atoms with Crippen LogP contribution in [0.2, 0.25) is 0 Å². The second-order valence-electron chi connectivity index (χ2n) is 2.11. The summed E-state index contributed by atoms with van der Waals surface area (Å²) in [5, 5.41) is 9.46. The van der Waals surface area contributed by atoms with Crippen LogP contribution < -0.4 is 21.2 Å². The molecule has 1 rings (SSSR count). The Kier molecular flexibility index (Phi) is 3.65. The first-order valence-electron chi connectivity index (χ1n) is 3.09. The topological polar surface area (TPSA) is 20.2 Å². The van der Waals surface area contributed by atoms with Gasteiger partial charge in [-0.3, -0.25) is 0 Å². The van der Waals surface area contributed by atoms with Gasteiger partial charge in [0.2, 0.25) is 0 Å². The fourth-order valence-corrected chi connectivity index (χ4v) is 5.88. The molecule has 2 unspecified atom stereocenters. The van der Waals surface area contributed by atoms with Crippen LogP contribution >= 0.6 is 11.8 Å². The van der Waals surface area contributed by atoms with E-state index < -0.39 is 0 Å². The zero-order valence-corrected chi connectivity index (χ0v) is 8.48. The summed E-state index contributed by atoms with van der Waals surface area (Å²) >= 11 is 2.33. The molecule has 0 bridgehead atoms. The first kappa shape index (κ1) is 8.14. The van der Waals surface area contributed by atoms with Crippen molar-refractivity contribution in [1.82, 2.24) is 0 Å². The number of aliphatic hydroxyl groups is 1. The fourth-order valence-electron chi connectivity index (χ4n) is 1.04. The molecule has 56 valence electrons. The molecular formula is C6H12IOS-. The number of alkyl halides is 2. The van der Waals surface area contributed by atoms with Gasteiger partial charge in [0.15, 0.2) is 0 Å². The van der Waals surface area contributed by atoms with E-state index in [-0.39, 0.29) is 0 Å². The zero-order valence-electron chi connectivity index (χ0n) is 5.51. The Bertz CT molecular complexity index is 79.1. The first-order valence-corrected chi connectivity index (χ1v) is 7.54. The van der Waals surface area contributed by atoms with Gasteiger partial charge in [-0.25, -0.2) is 0 Å². The number of rotatable bonds is 2. The van der Waals surface area contributed by atoms with Crippen LogP contribution in [0.3, 0.4) is 0 Å². The molecule has 1 fully saturated rings. The summed E-state index contributed by atoms with van der Waals surface area (Å²) in [5.74, 6) is 1.28. The predicted molar refractivity (Wildman–Crippen MR) is 37.7 cm³/mol. The van der Waals surface area contributed by atoms with Gasteiger partial charge in [-0.15, -0.1) is 0 Å². The fraction of sp³-hybridized carbons (Fsp3) is 1.00. The van der Waals surface area contributed by atoms with Crippen molar-refractivity contribution in [3.05, 3.63) is 0 Å². The minimum atomic E-state index is 0.376. The number of aliphatic hydroxyl groups excluding tert-OH is 1. The second kappa shape index (κ2) is 4.03. The molecule has 9 heavy (non-hydrogen) atoms. The van der Waals surface area contributed by atoms with Gasteiger partial charge in [0.1, 0.15) is 0 Å². The van der Waals surface area contributed by atoms with Gasteiger partial charge in [0, 0.05) is 0 Å². The van der Waals surface area contributed by atoms with Crippen LogP contribution in [0, 0.1) is 0 Å². The normalized spacial score (nSPS) is 35.8. The Labute approximate surface area is 70.9 Å². The van der Waals surface area contributed by atoms with E-state index in [2.05, 4.69) is 4.93 Å². The van der Waals surface area contributed by atoms with Gasteiger partial charge in [0.25, 0.3) is 0 Å². The summed E-state index contributed by atoms with van der Waals surface area (Å²) in [7, 11) is 0. The monoisotopic (exact) mass is 259 g/mol. The number of thioether (sulfide) groups is 1. The third-order valence-corrected chi connectivity index (χ3v) is 6.55. The molecule has 0 aromatic carbocycles. The molecule has 3 heteroatoms. The van der Waals surface area contributed by atoms with Crippen LogP contribution in [0.4, 0.5) is 0 Å². The van der Waals surface area contributed by atoms with E-state index in [1.807, 2.05) is 11.8 Å². The van der Waals surface area contributed by atoms with Crippen molar-refractivity contribution in [2.45, 2.75) is 15.6 Å². The minimum absolute atomic E-state index is 0.376. The molecule has 0 saturated carbocycles. The molecule has 1 heterocycles. The van der Waals surface area contributed by atoms with E-state index >= 15 is 0 Å². The molecular weight excluding hydrogens is 247 g/mol. The SMILES string of the molecule is C[I-]C1CCSC1CO. The van der Waals surface area contributed by atoms with Crippen molar-refractivity contribution >= 4 is 11.8 Å². The summed E-state index contributed by atoms with van der Waals surface area (Å²) in [6.07, 6.45) is 1.36. The van der Waals surface area contributed by atoms with E-state index in [0.29, 0.717) is 33.1 Å². The summed E-state index contributed by atoms with van der Waals surface area (Å²) < 4.78 is 0.902. The first-order chi connectivity index (χ1) is 4.38. The van der Waals surface area contributed by atoms with Crippen molar-refractivity contribution in [2.75, 3.05) is 17.3 Å². The van der Waals surface area contributed by atoms with Crippen molar-refractivity contribution < 1.29 is 26.3 Å². The molecule has 0 amide bonds. The molecule has 1 nitrogen and oxygen atoms in total. The van der Waals surface area contributed by atoms with E-state index in [0.717, 1.165) is 3.92 Å². The summed E-state index contributed by atoms with van der Waals surface area (Å²) in [4.78, 5) is 2.32. The number of halogens is 1. The van der Waals surface area contributed by atoms with Gasteiger partial charge in [-0.1, -0.05) is 0 Å². The molecule has 1 aliphatic heterocycles. The van der Waals surface area contributed by atoms with Crippen molar-refractivity contribution in [3.63, 3.8) is 0 Å². The molecule has 0 radical (unpaired) electrons. The van der Waals surface area contributed by atoms with E-state index in [1.54, 1.807) is 0 Å². The van der Waals surface area contributed by atoms with E-state index in [4.69, 9.17) is 5.11 Å². The van der Waals surface area contributed by atoms with Crippen LogP contribution in [-0.4, -0.2) is 31.6 Å². The van der Waals surface area contributed by atoms with Gasteiger partial charge in [-0.2, -0.15) is 0 Å². The van der Waals surface area contributed by atoms with Crippen LogP contribution in [0.1, 0.15) is 6.42 Å². The van der Waals surface area contributed by atoms with Crippen LogP contribution in [-0.2, 0) is 0 Å². The predicted octanol–water partition coefficient (Wildman–Crippen LogP) is -2.43. The van der Waals surface area contributed by atoms with Gasteiger partial charge in [-0.05, 0) is 0 Å². The molecule has 1 N–H and O–H groups in total. The summed E-state index contributed by atoms with van der Waals surface area (Å²) in [6, 6.07) is 0. The standard InChI is InChI=1S/C6H12IOS/c1-7-5-2-3-9-6(5)4-8/h5-6,8H,2-4H2,1H3/q-1. The maximum absolute atomic E-state index is 8.86. The van der Waals surface area contributed by atoms with Gasteiger partial charge >= 0.3 is 71.0 Å². The average Bonchev–Trinajstić information content (AvgIpc) is 2.33. The third kappa shape index (κ3) is 1.98. The van der Waals surface area contributed by atoms with E-state index in [9.17, 15) is 0 Å². The second-order valence-corrected chi connectivity index (χ2v) is 6.31. The summed E-state index contributed by atoms with van der Waals surface area (Å²) in [5.41, 5.74) is 0. The third-order valence-electron chi connectivity index (χ3n) is 1.59. The number of hydrogen-bond donors (Lipinski definition) is 1. The van der Waals surface area contributed by atoms with Crippen molar-refractivity contribution in [1.29, 1.82) is 0 Å². The van der Waals surface area contributed by atoms with Crippen LogP contribution in [0.25, 0.3) is 0 Å². The van der Waals surface area contributed by atoms with Crippen molar-refractivity contribution in [2.24, 2.45) is 0 Å². The summed E-state index contributed by atoms with van der Waals surface area (Å²) in [6.45, 7) is 0.406. The maximum atomic E-state index is 8.86. The van der Waals surface area contributed by atoms with Gasteiger partial charge < -0.3 is 0 Å². The average molecular weight is 259 g/mol. The molecule has 1 aliphatic rings. The molecule has 2 atom stereocenters. The number of hydrogen-bond acceptors (Lipinski definition) is 2. The Morgan fingerprint density at radius 2 is 2.56 bits per heavy atom.